The van der Waals surface area contributed by atoms with Gasteiger partial charge in [-0.15, -0.1) is 5.10 Å². The molecule has 9 heteroatoms. The maximum absolute atomic E-state index is 11.9. The van der Waals surface area contributed by atoms with Crippen LogP contribution in [0.4, 0.5) is 0 Å². The SMILES string of the molecule is COC(=O)C(=O)N1CC[C@H]1c1nnnn1CCCc1cccnc1. The number of hydrogen-bond acceptors (Lipinski definition) is 7. The standard InChI is InChI=1S/C15H18N6O3/c1-24-15(23)14(22)20-9-6-12(20)13-17-18-19-21(13)8-3-5-11-4-2-7-16-10-11/h2,4,7,10,12H,3,5-6,8-9H2,1H3/t12-/m0/s1. The van der Waals surface area contributed by atoms with Crippen LogP contribution in [0, 0.1) is 0 Å². The molecule has 0 N–H and O–H groups in total. The molecule has 1 aliphatic rings. The fraction of sp³-hybridized carbons (Fsp3) is 0.467. The molecule has 9 nitrogen and oxygen atoms in total. The van der Waals surface area contributed by atoms with Gasteiger partial charge in [0, 0.05) is 25.5 Å². The highest BCUT2D eigenvalue weighted by Gasteiger charge is 2.40. The molecule has 0 aromatic carbocycles. The molecular weight excluding hydrogens is 312 g/mol. The molecule has 0 spiro atoms. The molecule has 0 aliphatic carbocycles. The predicted molar refractivity (Wildman–Crippen MR) is 81.5 cm³/mol. The van der Waals surface area contributed by atoms with Gasteiger partial charge in [-0.25, -0.2) is 9.48 Å². The van der Waals surface area contributed by atoms with Crippen LogP contribution in [0.3, 0.4) is 0 Å². The van der Waals surface area contributed by atoms with Gasteiger partial charge in [-0.2, -0.15) is 0 Å². The van der Waals surface area contributed by atoms with E-state index in [-0.39, 0.29) is 6.04 Å². The predicted octanol–water partition coefficient (Wildman–Crippen LogP) is 0.147. The lowest BCUT2D eigenvalue weighted by atomic mass is 10.0. The first-order chi connectivity index (χ1) is 11.7. The minimum absolute atomic E-state index is 0.273. The molecule has 3 rings (SSSR count). The molecule has 1 saturated heterocycles. The number of carbonyl (C=O) groups excluding carboxylic acids is 2. The number of rotatable bonds is 5. The molecule has 24 heavy (non-hydrogen) atoms. The first kappa shape index (κ1) is 16.0. The Kier molecular flexibility index (Phi) is 4.78. The zero-order chi connectivity index (χ0) is 16.9. The van der Waals surface area contributed by atoms with Crippen molar-refractivity contribution in [3.63, 3.8) is 0 Å². The van der Waals surface area contributed by atoms with Gasteiger partial charge in [-0.1, -0.05) is 6.07 Å². The fourth-order valence-corrected chi connectivity index (χ4v) is 2.69. The van der Waals surface area contributed by atoms with Crippen molar-refractivity contribution in [1.82, 2.24) is 30.1 Å². The lowest BCUT2D eigenvalue weighted by molar-refractivity contribution is -0.162. The minimum Gasteiger partial charge on any atom is -0.462 e. The summed E-state index contributed by atoms with van der Waals surface area (Å²) in [5, 5.41) is 11.7. The maximum atomic E-state index is 11.9. The van der Waals surface area contributed by atoms with Crippen molar-refractivity contribution in [1.29, 1.82) is 0 Å². The number of ether oxygens (including phenoxy) is 1. The lowest BCUT2D eigenvalue weighted by Crippen LogP contribution is -2.49. The van der Waals surface area contributed by atoms with Gasteiger partial charge in [0.2, 0.25) is 0 Å². The van der Waals surface area contributed by atoms with Gasteiger partial charge in [0.25, 0.3) is 0 Å². The number of tetrazole rings is 1. The average Bonchev–Trinajstić information content (AvgIpc) is 3.02. The first-order valence-electron chi connectivity index (χ1n) is 7.74. The van der Waals surface area contributed by atoms with E-state index in [1.807, 2.05) is 18.3 Å². The van der Waals surface area contributed by atoms with Crippen LogP contribution in [0.25, 0.3) is 0 Å². The Morgan fingerprint density at radius 3 is 2.96 bits per heavy atom. The second-order valence-electron chi connectivity index (χ2n) is 5.52. The molecule has 1 amide bonds. The Bertz CT molecular complexity index is 717. The largest absolute Gasteiger partial charge is 0.462 e. The van der Waals surface area contributed by atoms with E-state index in [0.29, 0.717) is 18.9 Å². The third kappa shape index (κ3) is 3.24. The summed E-state index contributed by atoms with van der Waals surface area (Å²) in [6, 6.07) is 3.66. The molecule has 1 fully saturated rings. The van der Waals surface area contributed by atoms with Crippen LogP contribution >= 0.6 is 0 Å². The van der Waals surface area contributed by atoms with Crippen molar-refractivity contribution in [2.45, 2.75) is 31.8 Å². The van der Waals surface area contributed by atoms with Crippen molar-refractivity contribution in [3.8, 4) is 0 Å². The summed E-state index contributed by atoms with van der Waals surface area (Å²) >= 11 is 0. The van der Waals surface area contributed by atoms with Gasteiger partial charge in [-0.3, -0.25) is 9.78 Å². The number of carbonyl (C=O) groups is 2. The molecule has 0 bridgehead atoms. The Morgan fingerprint density at radius 2 is 2.29 bits per heavy atom. The highest BCUT2D eigenvalue weighted by atomic mass is 16.5. The zero-order valence-electron chi connectivity index (χ0n) is 13.3. The van der Waals surface area contributed by atoms with E-state index in [2.05, 4.69) is 25.2 Å². The molecule has 2 aromatic heterocycles. The fourth-order valence-electron chi connectivity index (χ4n) is 2.69. The lowest BCUT2D eigenvalue weighted by Gasteiger charge is -2.38. The van der Waals surface area contributed by atoms with E-state index in [1.54, 1.807) is 10.9 Å². The number of hydrogen-bond donors (Lipinski definition) is 0. The number of aromatic nitrogens is 5. The number of amides is 1. The smallest absolute Gasteiger partial charge is 0.396 e. The minimum atomic E-state index is -0.865. The summed E-state index contributed by atoms with van der Waals surface area (Å²) in [5.41, 5.74) is 1.15. The van der Waals surface area contributed by atoms with E-state index >= 15 is 0 Å². The van der Waals surface area contributed by atoms with Crippen LogP contribution in [0.5, 0.6) is 0 Å². The zero-order valence-corrected chi connectivity index (χ0v) is 13.3. The number of nitrogens with zero attached hydrogens (tertiary/aromatic N) is 6. The van der Waals surface area contributed by atoms with Crippen molar-refractivity contribution < 1.29 is 14.3 Å². The Hall–Kier alpha value is -2.84. The maximum Gasteiger partial charge on any atom is 0.396 e. The van der Waals surface area contributed by atoms with E-state index in [1.165, 1.54) is 12.0 Å². The van der Waals surface area contributed by atoms with Gasteiger partial charge in [0.1, 0.15) is 0 Å². The molecular formula is C15H18N6O3. The van der Waals surface area contributed by atoms with Crippen molar-refractivity contribution in [2.75, 3.05) is 13.7 Å². The number of methoxy groups -OCH3 is 1. The van der Waals surface area contributed by atoms with Crippen molar-refractivity contribution >= 4 is 11.9 Å². The van der Waals surface area contributed by atoms with Crippen molar-refractivity contribution in [3.05, 3.63) is 35.9 Å². The van der Waals surface area contributed by atoms with Crippen LogP contribution in [-0.2, 0) is 27.3 Å². The van der Waals surface area contributed by atoms with Crippen LogP contribution in [0.1, 0.15) is 30.3 Å². The average molecular weight is 330 g/mol. The Labute approximate surface area is 138 Å². The second kappa shape index (κ2) is 7.16. The number of pyridine rings is 1. The van der Waals surface area contributed by atoms with E-state index < -0.39 is 11.9 Å². The molecule has 3 heterocycles. The van der Waals surface area contributed by atoms with Crippen molar-refractivity contribution in [2.24, 2.45) is 0 Å². The van der Waals surface area contributed by atoms with E-state index in [0.717, 1.165) is 24.8 Å². The van der Waals surface area contributed by atoms with Gasteiger partial charge < -0.3 is 9.64 Å². The molecule has 1 atom stereocenters. The number of likely N-dealkylation sites (tertiary alicyclic amines) is 1. The molecule has 0 saturated carbocycles. The van der Waals surface area contributed by atoms with Gasteiger partial charge in [0.15, 0.2) is 5.82 Å². The molecule has 2 aromatic rings. The number of aryl methyl sites for hydroxylation is 2. The normalized spacial score (nSPS) is 16.5. The third-order valence-electron chi connectivity index (χ3n) is 4.06. The number of esters is 1. The van der Waals surface area contributed by atoms with E-state index in [4.69, 9.17) is 0 Å². The van der Waals surface area contributed by atoms with Gasteiger partial charge >= 0.3 is 11.9 Å². The third-order valence-corrected chi connectivity index (χ3v) is 4.06. The topological polar surface area (TPSA) is 103 Å². The van der Waals surface area contributed by atoms with Crippen LogP contribution < -0.4 is 0 Å². The highest BCUT2D eigenvalue weighted by molar-refractivity contribution is 6.32. The first-order valence-corrected chi connectivity index (χ1v) is 7.74. The Balaban J connectivity index is 1.61. The summed E-state index contributed by atoms with van der Waals surface area (Å²) < 4.78 is 6.18. The Morgan fingerprint density at radius 1 is 1.42 bits per heavy atom. The van der Waals surface area contributed by atoms with Crippen LogP contribution in [-0.4, -0.2) is 55.6 Å². The molecule has 126 valence electrons. The highest BCUT2D eigenvalue weighted by Crippen LogP contribution is 2.31. The monoisotopic (exact) mass is 330 g/mol. The van der Waals surface area contributed by atoms with Gasteiger partial charge in [0.05, 0.1) is 13.2 Å². The summed E-state index contributed by atoms with van der Waals surface area (Å²) in [6.45, 7) is 1.13. The van der Waals surface area contributed by atoms with E-state index in [9.17, 15) is 9.59 Å². The second-order valence-corrected chi connectivity index (χ2v) is 5.52. The summed E-state index contributed by atoms with van der Waals surface area (Å²) in [7, 11) is 1.19. The molecule has 0 unspecified atom stereocenters. The summed E-state index contributed by atoms with van der Waals surface area (Å²) in [5.74, 6) is -0.918. The molecule has 1 aliphatic heterocycles. The summed E-state index contributed by atoms with van der Waals surface area (Å²) in [4.78, 5) is 28.9. The quantitative estimate of drug-likeness (QED) is 0.568. The van der Waals surface area contributed by atoms with Crippen LogP contribution in [0.15, 0.2) is 24.5 Å². The molecule has 0 radical (unpaired) electrons. The van der Waals surface area contributed by atoms with Gasteiger partial charge in [-0.05, 0) is 41.3 Å². The van der Waals surface area contributed by atoms with Crippen LogP contribution in [0.2, 0.25) is 0 Å². The summed E-state index contributed by atoms with van der Waals surface area (Å²) in [6.07, 6.45) is 6.02.